The predicted octanol–water partition coefficient (Wildman–Crippen LogP) is 2.69. The van der Waals surface area contributed by atoms with Crippen molar-refractivity contribution in [2.45, 2.75) is 38.8 Å². The number of likely N-dealkylation sites (tertiary alicyclic amines) is 1. The zero-order valence-corrected chi connectivity index (χ0v) is 14.3. The highest BCUT2D eigenvalue weighted by molar-refractivity contribution is 5.49. The van der Waals surface area contributed by atoms with Gasteiger partial charge in [0.2, 0.25) is 0 Å². The molecule has 0 aromatic carbocycles. The lowest BCUT2D eigenvalue weighted by molar-refractivity contribution is 0.135. The predicted molar refractivity (Wildman–Crippen MR) is 93.4 cm³/mol. The van der Waals surface area contributed by atoms with Crippen LogP contribution in [-0.4, -0.2) is 41.3 Å². The molecule has 1 saturated heterocycles. The fourth-order valence-electron chi connectivity index (χ4n) is 3.42. The average molecular weight is 335 g/mol. The van der Waals surface area contributed by atoms with Gasteiger partial charge in [-0.15, -0.1) is 0 Å². The molecule has 128 valence electrons. The monoisotopic (exact) mass is 335 g/mol. The molecule has 1 aliphatic rings. The maximum Gasteiger partial charge on any atom is 0.156 e. The topological polar surface area (TPSA) is 83.5 Å². The molecule has 0 unspecified atom stereocenters. The molecule has 1 N–H and O–H groups in total. The summed E-state index contributed by atoms with van der Waals surface area (Å²) in [5.74, 6) is 1.55. The molecule has 0 aliphatic carbocycles. The summed E-state index contributed by atoms with van der Waals surface area (Å²) in [6, 6.07) is 2.33. The van der Waals surface area contributed by atoms with Gasteiger partial charge in [-0.1, -0.05) is 6.42 Å². The van der Waals surface area contributed by atoms with Gasteiger partial charge in [-0.25, -0.2) is 15.0 Å². The summed E-state index contributed by atoms with van der Waals surface area (Å²) in [5.41, 5.74) is 2.89. The lowest BCUT2D eigenvalue weighted by Crippen LogP contribution is -2.34. The smallest absolute Gasteiger partial charge is 0.156 e. The summed E-state index contributed by atoms with van der Waals surface area (Å²) in [4.78, 5) is 27.8. The van der Waals surface area contributed by atoms with Crippen LogP contribution in [0.1, 0.15) is 42.5 Å². The fourth-order valence-corrected chi connectivity index (χ4v) is 3.42. The van der Waals surface area contributed by atoms with Gasteiger partial charge in [0, 0.05) is 37.5 Å². The van der Waals surface area contributed by atoms with Crippen LogP contribution >= 0.6 is 0 Å². The molecule has 4 rings (SSSR count). The van der Waals surface area contributed by atoms with Crippen molar-refractivity contribution in [1.82, 2.24) is 34.8 Å². The molecule has 3 aromatic heterocycles. The minimum absolute atomic E-state index is 0.270. The molecule has 7 nitrogen and oxygen atoms in total. The van der Waals surface area contributed by atoms with E-state index in [4.69, 9.17) is 4.98 Å². The first-order valence-corrected chi connectivity index (χ1v) is 8.64. The summed E-state index contributed by atoms with van der Waals surface area (Å²) < 4.78 is 0. The second kappa shape index (κ2) is 7.06. The molecule has 1 aliphatic heterocycles. The van der Waals surface area contributed by atoms with Crippen LogP contribution in [0, 0.1) is 6.92 Å². The minimum atomic E-state index is 0.270. The van der Waals surface area contributed by atoms with Gasteiger partial charge in [0.25, 0.3) is 0 Å². The van der Waals surface area contributed by atoms with E-state index in [0.29, 0.717) is 0 Å². The molecule has 0 radical (unpaired) electrons. The Morgan fingerprint density at radius 2 is 2.12 bits per heavy atom. The normalized spacial score (nSPS) is 18.4. The maximum atomic E-state index is 4.73. The quantitative estimate of drug-likeness (QED) is 0.789. The molecule has 3 aromatic rings. The zero-order chi connectivity index (χ0) is 17.1. The standard InChI is InChI=1S/C18H21N7/c1-13-23-15(10-16(24-13)18-21-7-8-22-18)17-4-2-3-9-25(17)12-14-11-19-5-6-20-14/h5-8,10-11,17H,2-4,9,12H2,1H3,(H,21,22)/t17-/m1/s1. The molecule has 0 saturated carbocycles. The highest BCUT2D eigenvalue weighted by Gasteiger charge is 2.26. The second-order valence-corrected chi connectivity index (χ2v) is 6.34. The first-order chi connectivity index (χ1) is 12.3. The van der Waals surface area contributed by atoms with Crippen LogP contribution in [0.4, 0.5) is 0 Å². The Morgan fingerprint density at radius 1 is 1.16 bits per heavy atom. The van der Waals surface area contributed by atoms with E-state index in [1.807, 2.05) is 19.3 Å². The van der Waals surface area contributed by atoms with Crippen molar-refractivity contribution in [2.24, 2.45) is 0 Å². The van der Waals surface area contributed by atoms with Crippen LogP contribution in [0.3, 0.4) is 0 Å². The molecule has 0 spiro atoms. The number of nitrogens with zero attached hydrogens (tertiary/aromatic N) is 6. The lowest BCUT2D eigenvalue weighted by Gasteiger charge is -2.35. The largest absolute Gasteiger partial charge is 0.343 e. The third kappa shape index (κ3) is 3.56. The van der Waals surface area contributed by atoms with E-state index >= 15 is 0 Å². The van der Waals surface area contributed by atoms with Crippen LogP contribution in [0.25, 0.3) is 11.5 Å². The van der Waals surface area contributed by atoms with Crippen LogP contribution in [0.15, 0.2) is 37.1 Å². The van der Waals surface area contributed by atoms with E-state index in [9.17, 15) is 0 Å². The Labute approximate surface area is 146 Å². The molecule has 0 bridgehead atoms. The maximum absolute atomic E-state index is 4.73. The first-order valence-electron chi connectivity index (χ1n) is 8.64. The van der Waals surface area contributed by atoms with E-state index < -0.39 is 0 Å². The number of imidazole rings is 1. The van der Waals surface area contributed by atoms with Gasteiger partial charge in [0.1, 0.15) is 11.5 Å². The van der Waals surface area contributed by atoms with Gasteiger partial charge in [0.05, 0.1) is 17.4 Å². The summed E-state index contributed by atoms with van der Waals surface area (Å²) in [6.45, 7) is 3.77. The molecule has 7 heteroatoms. The summed E-state index contributed by atoms with van der Waals surface area (Å²) >= 11 is 0. The van der Waals surface area contributed by atoms with Crippen molar-refractivity contribution in [3.63, 3.8) is 0 Å². The zero-order valence-electron chi connectivity index (χ0n) is 14.3. The van der Waals surface area contributed by atoms with E-state index in [-0.39, 0.29) is 6.04 Å². The van der Waals surface area contributed by atoms with E-state index in [2.05, 4.69) is 35.9 Å². The van der Waals surface area contributed by atoms with Crippen molar-refractivity contribution in [1.29, 1.82) is 0 Å². The summed E-state index contributed by atoms with van der Waals surface area (Å²) in [5, 5.41) is 0. The number of hydrogen-bond acceptors (Lipinski definition) is 6. The number of hydrogen-bond donors (Lipinski definition) is 1. The number of aromatic amines is 1. The number of piperidine rings is 1. The van der Waals surface area contributed by atoms with Crippen molar-refractivity contribution in [3.05, 3.63) is 54.3 Å². The third-order valence-corrected chi connectivity index (χ3v) is 4.54. The molecule has 25 heavy (non-hydrogen) atoms. The average Bonchev–Trinajstić information content (AvgIpc) is 3.17. The second-order valence-electron chi connectivity index (χ2n) is 6.34. The minimum Gasteiger partial charge on any atom is -0.343 e. The number of aryl methyl sites for hydroxylation is 1. The molecule has 0 amide bonds. The van der Waals surface area contributed by atoms with Crippen LogP contribution in [0.5, 0.6) is 0 Å². The summed E-state index contributed by atoms with van der Waals surface area (Å²) in [6.07, 6.45) is 12.4. The van der Waals surface area contributed by atoms with Gasteiger partial charge in [-0.2, -0.15) is 0 Å². The van der Waals surface area contributed by atoms with Gasteiger partial charge >= 0.3 is 0 Å². The number of H-pyrrole nitrogens is 1. The Morgan fingerprint density at radius 3 is 2.92 bits per heavy atom. The van der Waals surface area contributed by atoms with Gasteiger partial charge in [-0.05, 0) is 32.4 Å². The van der Waals surface area contributed by atoms with Crippen LogP contribution in [0.2, 0.25) is 0 Å². The number of nitrogens with one attached hydrogen (secondary N) is 1. The van der Waals surface area contributed by atoms with E-state index in [0.717, 1.165) is 48.2 Å². The SMILES string of the molecule is Cc1nc(-c2ncc[nH]2)cc([C@H]2CCCCN2Cc2cnccn2)n1. The first kappa shape index (κ1) is 15.8. The van der Waals surface area contributed by atoms with Crippen LogP contribution in [-0.2, 0) is 6.54 Å². The number of aromatic nitrogens is 6. The third-order valence-electron chi connectivity index (χ3n) is 4.54. The number of rotatable bonds is 4. The van der Waals surface area contributed by atoms with Gasteiger partial charge < -0.3 is 4.98 Å². The van der Waals surface area contributed by atoms with Gasteiger partial charge in [0.15, 0.2) is 5.82 Å². The van der Waals surface area contributed by atoms with Gasteiger partial charge in [-0.3, -0.25) is 14.9 Å². The van der Waals surface area contributed by atoms with Crippen molar-refractivity contribution in [3.8, 4) is 11.5 Å². The van der Waals surface area contributed by atoms with Crippen molar-refractivity contribution >= 4 is 0 Å². The highest BCUT2D eigenvalue weighted by Crippen LogP contribution is 2.32. The summed E-state index contributed by atoms with van der Waals surface area (Å²) in [7, 11) is 0. The fraction of sp³-hybridized carbons (Fsp3) is 0.389. The Bertz CT molecular complexity index is 817. The molecule has 1 atom stereocenters. The Hall–Kier alpha value is -2.67. The molecule has 1 fully saturated rings. The Balaban J connectivity index is 1.64. The highest BCUT2D eigenvalue weighted by atomic mass is 15.2. The molecule has 4 heterocycles. The Kier molecular flexibility index (Phi) is 4.47. The van der Waals surface area contributed by atoms with E-state index in [1.54, 1.807) is 18.6 Å². The molecular weight excluding hydrogens is 314 g/mol. The van der Waals surface area contributed by atoms with Crippen molar-refractivity contribution in [2.75, 3.05) is 6.54 Å². The van der Waals surface area contributed by atoms with Crippen LogP contribution < -0.4 is 0 Å². The van der Waals surface area contributed by atoms with E-state index in [1.165, 1.54) is 12.8 Å². The molecular formula is C18H21N7. The lowest BCUT2D eigenvalue weighted by atomic mass is 9.98. The van der Waals surface area contributed by atoms with Crippen molar-refractivity contribution < 1.29 is 0 Å².